The summed E-state index contributed by atoms with van der Waals surface area (Å²) in [4.78, 5) is 37.8. The summed E-state index contributed by atoms with van der Waals surface area (Å²) in [5, 5.41) is 11.4. The Morgan fingerprint density at radius 3 is 2.27 bits per heavy atom. The molecule has 17 heteroatoms. The third kappa shape index (κ3) is 7.71. The first-order valence-electron chi connectivity index (χ1n) is 11.6. The number of benzene rings is 2. The van der Waals surface area contributed by atoms with Gasteiger partial charge in [0.2, 0.25) is 17.3 Å². The highest BCUT2D eigenvalue weighted by Gasteiger charge is 2.38. The van der Waals surface area contributed by atoms with Crippen LogP contribution in [-0.2, 0) is 35.3 Å². The van der Waals surface area contributed by atoms with E-state index in [0.717, 1.165) is 35.4 Å². The van der Waals surface area contributed by atoms with Gasteiger partial charge in [-0.3, -0.25) is 4.79 Å². The molecular weight excluding hydrogens is 577 g/mol. The summed E-state index contributed by atoms with van der Waals surface area (Å²) >= 11 is 0. The maximum atomic E-state index is 13.5. The molecule has 0 saturated heterocycles. The second-order valence-corrected chi connectivity index (χ2v) is 10.5. The molecule has 0 spiro atoms. The van der Waals surface area contributed by atoms with Crippen LogP contribution >= 0.6 is 0 Å². The van der Waals surface area contributed by atoms with Crippen molar-refractivity contribution in [3.05, 3.63) is 76.0 Å². The van der Waals surface area contributed by atoms with E-state index in [2.05, 4.69) is 19.4 Å². The van der Waals surface area contributed by atoms with E-state index in [1.54, 1.807) is 24.3 Å². The number of carbonyl (C=O) groups is 2. The summed E-state index contributed by atoms with van der Waals surface area (Å²) in [6.07, 6.45) is -7.24. The lowest BCUT2D eigenvalue weighted by molar-refractivity contribution is -0.759. The Morgan fingerprint density at radius 1 is 1.12 bits per heavy atom. The molecule has 1 heterocycles. The minimum atomic E-state index is -4.69. The van der Waals surface area contributed by atoms with Crippen molar-refractivity contribution in [3.8, 4) is 16.9 Å². The molecule has 220 valence electrons. The molecule has 3 aromatic rings. The van der Waals surface area contributed by atoms with Crippen LogP contribution in [-0.4, -0.2) is 54.4 Å². The Labute approximate surface area is 231 Å². The number of amides is 1. The molecule has 0 bridgehead atoms. The smallest absolute Gasteiger partial charge is 0.429 e. The monoisotopic (exact) mass is 601 g/mol. The molecule has 2 aromatic carbocycles. The topological polar surface area (TPSA) is 162 Å². The van der Waals surface area contributed by atoms with Crippen LogP contribution in [0.1, 0.15) is 25.1 Å². The fourth-order valence-electron chi connectivity index (χ4n) is 3.43. The van der Waals surface area contributed by atoms with Gasteiger partial charge in [-0.05, 0) is 38.1 Å². The van der Waals surface area contributed by atoms with E-state index in [1.807, 2.05) is 6.92 Å². The maximum Gasteiger partial charge on any atom is 0.510 e. The number of hydrogen-bond acceptors (Lipinski definition) is 9. The van der Waals surface area contributed by atoms with Gasteiger partial charge in [-0.25, -0.2) is 13.2 Å². The van der Waals surface area contributed by atoms with E-state index in [-0.39, 0.29) is 15.7 Å². The molecule has 13 nitrogen and oxygen atoms in total. The fourth-order valence-corrected chi connectivity index (χ4v) is 4.70. The molecule has 0 radical (unpaired) electrons. The van der Waals surface area contributed by atoms with Crippen molar-refractivity contribution in [2.45, 2.75) is 37.9 Å². The summed E-state index contributed by atoms with van der Waals surface area (Å²) in [7, 11) is -4.59. The van der Waals surface area contributed by atoms with Crippen LogP contribution in [0.25, 0.3) is 16.9 Å². The normalized spacial score (nSPS) is 12.3. The number of ether oxygens (including phenoxy) is 2. The van der Waals surface area contributed by atoms with Crippen LogP contribution < -0.4 is 4.68 Å². The third-order valence-electron chi connectivity index (χ3n) is 5.45. The van der Waals surface area contributed by atoms with E-state index >= 15 is 0 Å². The molecule has 0 aliphatic rings. The van der Waals surface area contributed by atoms with Gasteiger partial charge >= 0.3 is 12.3 Å². The summed E-state index contributed by atoms with van der Waals surface area (Å²) < 4.78 is 77.4. The SMILES string of the molecule is CC(=O)N(COC(=O)OC(C)CO[N+](=O)[O-])S(=O)(=O)c1ccc(-[n+]2[nH]c(C(F)(F)F)cc2-c2ccc(C)cc2)cc1. The van der Waals surface area contributed by atoms with Gasteiger partial charge in [0, 0.05) is 30.7 Å². The van der Waals surface area contributed by atoms with Gasteiger partial charge in [0.1, 0.15) is 12.7 Å². The Hall–Kier alpha value is -4.67. The van der Waals surface area contributed by atoms with Gasteiger partial charge in [0.25, 0.3) is 15.1 Å². The number of rotatable bonds is 10. The van der Waals surface area contributed by atoms with E-state index in [4.69, 9.17) is 0 Å². The number of aryl methyl sites for hydroxylation is 1. The van der Waals surface area contributed by atoms with Gasteiger partial charge in [-0.15, -0.1) is 10.1 Å². The number of alkyl halides is 3. The minimum Gasteiger partial charge on any atom is -0.429 e. The minimum absolute atomic E-state index is 0.148. The largest absolute Gasteiger partial charge is 0.510 e. The molecule has 0 aliphatic heterocycles. The molecule has 0 fully saturated rings. The lowest BCUT2D eigenvalue weighted by Crippen LogP contribution is -2.38. The Balaban J connectivity index is 1.84. The van der Waals surface area contributed by atoms with Crippen molar-refractivity contribution >= 4 is 22.1 Å². The molecule has 1 amide bonds. The third-order valence-corrected chi connectivity index (χ3v) is 7.26. The van der Waals surface area contributed by atoms with E-state index in [9.17, 15) is 41.3 Å². The van der Waals surface area contributed by atoms with Gasteiger partial charge in [0.05, 0.1) is 4.90 Å². The summed E-state index contributed by atoms with van der Waals surface area (Å²) in [6, 6.07) is 12.2. The van der Waals surface area contributed by atoms with Crippen molar-refractivity contribution in [2.24, 2.45) is 0 Å². The molecule has 1 aromatic heterocycles. The number of nitrogens with zero attached hydrogens (tertiary/aromatic N) is 3. The number of H-pyrrole nitrogens is 1. The molecular formula is C24H24F3N4O9S+. The zero-order chi connectivity index (χ0) is 30.5. The maximum absolute atomic E-state index is 13.5. The molecule has 0 saturated carbocycles. The van der Waals surface area contributed by atoms with Crippen molar-refractivity contribution in [1.29, 1.82) is 0 Å². The Morgan fingerprint density at radius 2 is 1.73 bits per heavy atom. The molecule has 3 rings (SSSR count). The average Bonchev–Trinajstić information content (AvgIpc) is 3.34. The lowest BCUT2D eigenvalue weighted by Gasteiger charge is -2.21. The number of hydrogen-bond donors (Lipinski definition) is 1. The first-order valence-corrected chi connectivity index (χ1v) is 13.1. The van der Waals surface area contributed by atoms with Gasteiger partial charge < -0.3 is 14.3 Å². The molecule has 41 heavy (non-hydrogen) atoms. The standard InChI is InChI=1S/C24H23F3N4O9S/c1-15-4-6-18(7-5-15)21-12-22(24(25,26)27)28-30(21)19-8-10-20(11-9-19)41(36,37)29(17(3)32)14-38-23(33)40-16(2)13-39-31(34)35/h4-12,16H,13-14H2,1-3H3/p+1. The van der Waals surface area contributed by atoms with E-state index < -0.39 is 63.4 Å². The number of halogens is 3. The van der Waals surface area contributed by atoms with Crippen molar-refractivity contribution in [1.82, 2.24) is 9.40 Å². The highest BCUT2D eigenvalue weighted by atomic mass is 32.2. The molecule has 1 atom stereocenters. The van der Waals surface area contributed by atoms with Crippen LogP contribution in [0.2, 0.25) is 0 Å². The number of aromatic nitrogens is 2. The number of nitrogens with one attached hydrogen (secondary N) is 1. The quantitative estimate of drug-likeness (QED) is 0.120. The first-order chi connectivity index (χ1) is 19.1. The number of aromatic amines is 1. The number of carbonyl (C=O) groups excluding carboxylic acids is 2. The van der Waals surface area contributed by atoms with Gasteiger partial charge in [-0.2, -0.15) is 22.6 Å². The fraction of sp³-hybridized carbons (Fsp3) is 0.292. The van der Waals surface area contributed by atoms with Crippen LogP contribution in [0.4, 0.5) is 18.0 Å². The number of sulfonamides is 1. The Kier molecular flexibility index (Phi) is 9.21. The first kappa shape index (κ1) is 30.9. The molecule has 1 N–H and O–H groups in total. The second kappa shape index (κ2) is 12.2. The Bertz CT molecular complexity index is 1520. The molecule has 1 unspecified atom stereocenters. The van der Waals surface area contributed by atoms with Crippen LogP contribution in [0.3, 0.4) is 0 Å². The van der Waals surface area contributed by atoms with Crippen LogP contribution in [0.5, 0.6) is 0 Å². The molecule has 0 aliphatic carbocycles. The predicted molar refractivity (Wildman–Crippen MR) is 132 cm³/mol. The van der Waals surface area contributed by atoms with Crippen molar-refractivity contribution in [3.63, 3.8) is 0 Å². The summed E-state index contributed by atoms with van der Waals surface area (Å²) in [5.41, 5.74) is 0.631. The predicted octanol–water partition coefficient (Wildman–Crippen LogP) is 3.53. The van der Waals surface area contributed by atoms with Crippen molar-refractivity contribution in [2.75, 3.05) is 13.3 Å². The summed E-state index contributed by atoms with van der Waals surface area (Å²) in [6.45, 7) is 2.27. The lowest BCUT2D eigenvalue weighted by atomic mass is 10.1. The van der Waals surface area contributed by atoms with E-state index in [0.29, 0.717) is 5.56 Å². The highest BCUT2D eigenvalue weighted by molar-refractivity contribution is 7.89. The van der Waals surface area contributed by atoms with Crippen molar-refractivity contribution < 1.29 is 55.3 Å². The van der Waals surface area contributed by atoms with Crippen LogP contribution in [0.15, 0.2) is 59.5 Å². The van der Waals surface area contributed by atoms with Gasteiger partial charge in [0.15, 0.2) is 12.4 Å². The zero-order valence-corrected chi connectivity index (χ0v) is 22.6. The van der Waals surface area contributed by atoms with Crippen LogP contribution in [0, 0.1) is 17.0 Å². The second-order valence-electron chi connectivity index (χ2n) is 8.59. The van der Waals surface area contributed by atoms with E-state index in [1.165, 1.54) is 19.1 Å². The summed E-state index contributed by atoms with van der Waals surface area (Å²) in [5.74, 6) is -1.03. The zero-order valence-electron chi connectivity index (χ0n) is 21.7. The average molecular weight is 602 g/mol. The highest BCUT2D eigenvalue weighted by Crippen LogP contribution is 2.30. The van der Waals surface area contributed by atoms with Gasteiger partial charge in [-0.1, -0.05) is 22.4 Å².